The Morgan fingerprint density at radius 3 is 1.56 bits per heavy atom. The van der Waals surface area contributed by atoms with Gasteiger partial charge in [0.05, 0.1) is 7.11 Å². The van der Waals surface area contributed by atoms with Gasteiger partial charge in [0, 0.05) is 43.7 Å². The molecule has 0 aromatic rings. The summed E-state index contributed by atoms with van der Waals surface area (Å²) in [6.45, 7) is 6.97. The van der Waals surface area contributed by atoms with Crippen LogP contribution in [-0.2, 0) is 19.1 Å². The van der Waals surface area contributed by atoms with Crippen LogP contribution in [0.2, 0.25) is 0 Å². The number of carbonyl (C=O) groups is 3. The van der Waals surface area contributed by atoms with E-state index < -0.39 is 5.97 Å². The van der Waals surface area contributed by atoms with Crippen LogP contribution < -0.4 is 0 Å². The van der Waals surface area contributed by atoms with Gasteiger partial charge in [0.25, 0.3) is 0 Å². The smallest absolute Gasteiger partial charge is 0.330 e. The molecular weight excluding hydrogens is 488 g/mol. The van der Waals surface area contributed by atoms with Gasteiger partial charge < -0.3 is 14.5 Å². The molecule has 2 atom stereocenters. The highest BCUT2D eigenvalue weighted by Gasteiger charge is 2.33. The van der Waals surface area contributed by atoms with E-state index in [0.717, 1.165) is 44.6 Å². The summed E-state index contributed by atoms with van der Waals surface area (Å²) in [5, 5.41) is 0. The van der Waals surface area contributed by atoms with Crippen molar-refractivity contribution in [2.24, 2.45) is 0 Å². The lowest BCUT2D eigenvalue weighted by Gasteiger charge is -2.44. The number of carbonyl (C=O) groups excluding carboxylic acids is 3. The van der Waals surface area contributed by atoms with Crippen molar-refractivity contribution in [1.82, 2.24) is 9.80 Å². The number of allylic oxidation sites excluding steroid dienone is 12. The van der Waals surface area contributed by atoms with Crippen LogP contribution in [0.25, 0.3) is 0 Å². The van der Waals surface area contributed by atoms with Gasteiger partial charge in [-0.1, -0.05) is 79.8 Å². The summed E-state index contributed by atoms with van der Waals surface area (Å²) in [5.74, 6) is -0.706. The molecule has 0 spiro atoms. The number of hydrogen-bond donors (Lipinski definition) is 0. The number of hydrogen-bond acceptors (Lipinski definition) is 4. The molecule has 1 rings (SSSR count). The second-order valence-corrected chi connectivity index (χ2v) is 9.55. The van der Waals surface area contributed by atoms with Gasteiger partial charge in [-0.25, -0.2) is 4.79 Å². The third-order valence-corrected chi connectivity index (χ3v) is 6.21. The first-order valence-corrected chi connectivity index (χ1v) is 14.2. The third kappa shape index (κ3) is 15.6. The molecule has 0 bridgehead atoms. The number of rotatable bonds is 16. The molecule has 0 radical (unpaired) electrons. The van der Waals surface area contributed by atoms with Crippen LogP contribution in [0.3, 0.4) is 0 Å². The summed E-state index contributed by atoms with van der Waals surface area (Å²) in [6.07, 6.45) is 35.4. The fraction of sp³-hybridized carbons (Fsp3) is 0.485. The van der Waals surface area contributed by atoms with Crippen molar-refractivity contribution in [3.8, 4) is 0 Å². The maximum Gasteiger partial charge on any atom is 0.330 e. The Balaban J connectivity index is 2.21. The van der Waals surface area contributed by atoms with Crippen molar-refractivity contribution >= 4 is 17.8 Å². The summed E-state index contributed by atoms with van der Waals surface area (Å²) >= 11 is 0. The van der Waals surface area contributed by atoms with E-state index in [9.17, 15) is 14.4 Å². The van der Waals surface area contributed by atoms with Crippen LogP contribution >= 0.6 is 0 Å². The topological polar surface area (TPSA) is 66.9 Å². The monoisotopic (exact) mass is 536 g/mol. The van der Waals surface area contributed by atoms with Crippen molar-refractivity contribution in [1.29, 1.82) is 0 Å². The largest absolute Gasteiger partial charge is 0.466 e. The van der Waals surface area contributed by atoms with E-state index in [1.807, 2.05) is 18.7 Å². The highest BCUT2D eigenvalue weighted by atomic mass is 16.5. The Kier molecular flexibility index (Phi) is 18.5. The molecule has 1 saturated heterocycles. The first-order chi connectivity index (χ1) is 18.9. The predicted octanol–water partition coefficient (Wildman–Crippen LogP) is 6.64. The number of piperazine rings is 1. The van der Waals surface area contributed by atoms with Crippen LogP contribution in [-0.4, -0.2) is 59.9 Å². The Morgan fingerprint density at radius 2 is 1.13 bits per heavy atom. The molecule has 0 aromatic carbocycles. The molecule has 6 nitrogen and oxygen atoms in total. The summed E-state index contributed by atoms with van der Waals surface area (Å²) < 4.78 is 4.54. The van der Waals surface area contributed by atoms with E-state index in [4.69, 9.17) is 0 Å². The van der Waals surface area contributed by atoms with E-state index in [1.165, 1.54) is 13.2 Å². The molecule has 1 aliphatic rings. The standard InChI is InChI=1S/C33H48N2O4/c1-5-6-7-8-9-10-11-12-13-14-15-16-17-18-19-20-21-22-23-24-31(36)34-27-29(2)35(30(3)28-34)32(37)25-26-33(38)39-4/h6-7,9-10,12-13,15-16,18-19,21-22,25-26,29-30H,5,8,11,14,17,20,23-24,27-28H2,1-4H3/b7-6-,10-9-,13-12-,16-15?,19-18-,22-21-,26-25+/t29-,30+. The molecule has 0 N–H and O–H groups in total. The van der Waals surface area contributed by atoms with E-state index in [0.29, 0.717) is 25.9 Å². The minimum Gasteiger partial charge on any atom is -0.466 e. The molecule has 0 aromatic heterocycles. The average Bonchev–Trinajstić information content (AvgIpc) is 2.92. The highest BCUT2D eigenvalue weighted by molar-refractivity contribution is 5.95. The lowest BCUT2D eigenvalue weighted by Crippen LogP contribution is -2.59. The van der Waals surface area contributed by atoms with Crippen molar-refractivity contribution < 1.29 is 19.1 Å². The Morgan fingerprint density at radius 1 is 0.692 bits per heavy atom. The average molecular weight is 537 g/mol. The molecule has 6 heteroatoms. The molecule has 39 heavy (non-hydrogen) atoms. The molecule has 214 valence electrons. The summed E-state index contributed by atoms with van der Waals surface area (Å²) in [6, 6.07) is -0.253. The third-order valence-electron chi connectivity index (χ3n) is 6.21. The van der Waals surface area contributed by atoms with Gasteiger partial charge in [-0.05, 0) is 58.8 Å². The quantitative estimate of drug-likeness (QED) is 0.126. The van der Waals surface area contributed by atoms with Crippen LogP contribution in [0, 0.1) is 0 Å². The number of ether oxygens (including phenoxy) is 1. The summed E-state index contributed by atoms with van der Waals surface area (Å²) in [5.41, 5.74) is 0. The fourth-order valence-electron chi connectivity index (χ4n) is 4.26. The lowest BCUT2D eigenvalue weighted by molar-refractivity contribution is -0.143. The molecular formula is C33H48N2O4. The van der Waals surface area contributed by atoms with Gasteiger partial charge in [0.15, 0.2) is 0 Å². The van der Waals surface area contributed by atoms with Gasteiger partial charge in [-0.15, -0.1) is 0 Å². The fourth-order valence-corrected chi connectivity index (χ4v) is 4.26. The molecule has 0 aliphatic carbocycles. The second-order valence-electron chi connectivity index (χ2n) is 9.55. The van der Waals surface area contributed by atoms with E-state index in [2.05, 4.69) is 84.6 Å². The Bertz CT molecular complexity index is 927. The molecule has 1 aliphatic heterocycles. The molecule has 2 amide bonds. The van der Waals surface area contributed by atoms with Crippen LogP contribution in [0.4, 0.5) is 0 Å². The van der Waals surface area contributed by atoms with Crippen LogP contribution in [0.5, 0.6) is 0 Å². The van der Waals surface area contributed by atoms with E-state index in [-0.39, 0.29) is 23.9 Å². The van der Waals surface area contributed by atoms with Crippen LogP contribution in [0.15, 0.2) is 85.1 Å². The van der Waals surface area contributed by atoms with Crippen molar-refractivity contribution in [3.05, 3.63) is 85.1 Å². The Labute approximate surface area is 236 Å². The zero-order chi connectivity index (χ0) is 28.7. The van der Waals surface area contributed by atoms with Crippen molar-refractivity contribution in [2.75, 3.05) is 20.2 Å². The number of esters is 1. The van der Waals surface area contributed by atoms with Gasteiger partial charge >= 0.3 is 5.97 Å². The molecule has 0 unspecified atom stereocenters. The van der Waals surface area contributed by atoms with Crippen molar-refractivity contribution in [3.63, 3.8) is 0 Å². The van der Waals surface area contributed by atoms with E-state index in [1.54, 1.807) is 4.90 Å². The summed E-state index contributed by atoms with van der Waals surface area (Å²) in [7, 11) is 1.27. The maximum absolute atomic E-state index is 12.7. The first kappa shape index (κ1) is 33.6. The van der Waals surface area contributed by atoms with Gasteiger partial charge in [0.1, 0.15) is 0 Å². The van der Waals surface area contributed by atoms with Crippen LogP contribution in [0.1, 0.15) is 72.1 Å². The van der Waals surface area contributed by atoms with Gasteiger partial charge in [0.2, 0.25) is 11.8 Å². The highest BCUT2D eigenvalue weighted by Crippen LogP contribution is 2.18. The SMILES string of the molecule is CC/C=C\C/C=C\C/C=C\CC=CC/C=C\C/C=C\CCC(=O)N1C[C@@H](C)N(C(=O)/C=C/C(=O)OC)[C@@H](C)C1. The lowest BCUT2D eigenvalue weighted by atomic mass is 10.1. The zero-order valence-electron chi connectivity index (χ0n) is 24.3. The molecule has 1 heterocycles. The number of amides is 2. The Hall–Kier alpha value is -3.41. The van der Waals surface area contributed by atoms with E-state index >= 15 is 0 Å². The predicted molar refractivity (Wildman–Crippen MR) is 161 cm³/mol. The molecule has 1 fully saturated rings. The minimum absolute atomic E-state index is 0.102. The van der Waals surface area contributed by atoms with Crippen molar-refractivity contribution in [2.45, 2.75) is 84.2 Å². The molecule has 0 saturated carbocycles. The zero-order valence-corrected chi connectivity index (χ0v) is 24.3. The second kappa shape index (κ2) is 21.5. The minimum atomic E-state index is -0.563. The first-order valence-electron chi connectivity index (χ1n) is 14.2. The number of nitrogens with zero attached hydrogens (tertiary/aromatic N) is 2. The van der Waals surface area contributed by atoms with Gasteiger partial charge in [-0.3, -0.25) is 9.59 Å². The number of methoxy groups -OCH3 is 1. The van der Waals surface area contributed by atoms with Gasteiger partial charge in [-0.2, -0.15) is 0 Å². The summed E-state index contributed by atoms with van der Waals surface area (Å²) in [4.78, 5) is 40.0. The maximum atomic E-state index is 12.7. The normalized spacial score (nSPS) is 18.9.